The predicted molar refractivity (Wildman–Crippen MR) is 74.7 cm³/mol. The number of esters is 1. The lowest BCUT2D eigenvalue weighted by Crippen LogP contribution is -2.39. The van der Waals surface area contributed by atoms with Crippen molar-refractivity contribution in [2.24, 2.45) is 0 Å². The zero-order chi connectivity index (χ0) is 14.5. The van der Waals surface area contributed by atoms with Crippen LogP contribution in [0.1, 0.15) is 36.7 Å². The molecule has 0 aromatic heterocycles. The first-order chi connectivity index (χ1) is 8.81. The van der Waals surface area contributed by atoms with E-state index < -0.39 is 0 Å². The maximum atomic E-state index is 11.6. The number of ether oxygens (including phenoxy) is 1. The fourth-order valence-electron chi connectivity index (χ4n) is 1.43. The van der Waals surface area contributed by atoms with Crippen LogP contribution in [0.4, 0.5) is 0 Å². The largest absolute Gasteiger partial charge is 0.465 e. The minimum atomic E-state index is -0.374. The second kappa shape index (κ2) is 6.18. The van der Waals surface area contributed by atoms with Gasteiger partial charge in [0.2, 0.25) is 5.91 Å². The van der Waals surface area contributed by atoms with E-state index in [0.29, 0.717) is 5.56 Å². The molecule has 0 unspecified atom stereocenters. The van der Waals surface area contributed by atoms with Crippen LogP contribution in [-0.2, 0) is 9.53 Å². The van der Waals surface area contributed by atoms with Crippen LogP contribution >= 0.6 is 0 Å². The maximum absolute atomic E-state index is 11.6. The van der Waals surface area contributed by atoms with Gasteiger partial charge in [-0.3, -0.25) is 4.79 Å². The first kappa shape index (κ1) is 15.0. The van der Waals surface area contributed by atoms with Gasteiger partial charge < -0.3 is 10.1 Å². The van der Waals surface area contributed by atoms with Crippen LogP contribution in [0.5, 0.6) is 0 Å². The van der Waals surface area contributed by atoms with Gasteiger partial charge in [-0.25, -0.2) is 4.79 Å². The van der Waals surface area contributed by atoms with E-state index in [1.54, 1.807) is 30.3 Å². The molecule has 102 valence electrons. The Morgan fingerprint density at radius 1 is 1.16 bits per heavy atom. The molecule has 0 atom stereocenters. The van der Waals surface area contributed by atoms with E-state index in [1.807, 2.05) is 20.8 Å². The summed E-state index contributed by atoms with van der Waals surface area (Å²) in [6, 6.07) is 6.83. The van der Waals surface area contributed by atoms with E-state index in [0.717, 1.165) is 5.56 Å². The smallest absolute Gasteiger partial charge is 0.337 e. The number of hydrogen-bond donors (Lipinski definition) is 1. The molecule has 0 aliphatic heterocycles. The monoisotopic (exact) mass is 261 g/mol. The molecule has 1 amide bonds. The van der Waals surface area contributed by atoms with Gasteiger partial charge in [0, 0.05) is 11.6 Å². The van der Waals surface area contributed by atoms with Crippen LogP contribution in [0.25, 0.3) is 6.08 Å². The summed E-state index contributed by atoms with van der Waals surface area (Å²) in [4.78, 5) is 22.8. The van der Waals surface area contributed by atoms with E-state index in [-0.39, 0.29) is 17.4 Å². The van der Waals surface area contributed by atoms with Crippen molar-refractivity contribution >= 4 is 18.0 Å². The van der Waals surface area contributed by atoms with Crippen molar-refractivity contribution in [1.29, 1.82) is 0 Å². The van der Waals surface area contributed by atoms with Gasteiger partial charge in [0.1, 0.15) is 0 Å². The van der Waals surface area contributed by atoms with Gasteiger partial charge in [0.15, 0.2) is 0 Å². The van der Waals surface area contributed by atoms with Crippen molar-refractivity contribution in [3.8, 4) is 0 Å². The zero-order valence-corrected chi connectivity index (χ0v) is 11.7. The van der Waals surface area contributed by atoms with Gasteiger partial charge in [0.25, 0.3) is 0 Å². The Balaban J connectivity index is 2.68. The molecular weight excluding hydrogens is 242 g/mol. The van der Waals surface area contributed by atoms with Crippen molar-refractivity contribution in [3.05, 3.63) is 41.5 Å². The van der Waals surface area contributed by atoms with Crippen LogP contribution in [-0.4, -0.2) is 24.5 Å². The highest BCUT2D eigenvalue weighted by Crippen LogP contribution is 2.07. The first-order valence-corrected chi connectivity index (χ1v) is 6.00. The van der Waals surface area contributed by atoms with Crippen molar-refractivity contribution in [2.75, 3.05) is 7.11 Å². The highest BCUT2D eigenvalue weighted by Gasteiger charge is 2.11. The number of nitrogens with one attached hydrogen (secondary N) is 1. The van der Waals surface area contributed by atoms with Gasteiger partial charge in [-0.05, 0) is 44.5 Å². The molecule has 0 spiro atoms. The molecule has 0 aliphatic carbocycles. The molecule has 0 bridgehead atoms. The Morgan fingerprint density at radius 3 is 2.21 bits per heavy atom. The molecule has 0 aliphatic rings. The van der Waals surface area contributed by atoms with Crippen molar-refractivity contribution < 1.29 is 14.3 Å². The molecule has 0 fully saturated rings. The summed E-state index contributed by atoms with van der Waals surface area (Å²) in [6.07, 6.45) is 3.17. The van der Waals surface area contributed by atoms with Crippen molar-refractivity contribution in [1.82, 2.24) is 5.32 Å². The Hall–Kier alpha value is -2.10. The molecule has 0 saturated carbocycles. The van der Waals surface area contributed by atoms with Gasteiger partial charge in [0.05, 0.1) is 12.7 Å². The second-order valence-electron chi connectivity index (χ2n) is 5.19. The van der Waals surface area contributed by atoms with Crippen LogP contribution in [0.2, 0.25) is 0 Å². The van der Waals surface area contributed by atoms with Crippen LogP contribution in [0.15, 0.2) is 30.3 Å². The molecule has 1 aromatic carbocycles. The van der Waals surface area contributed by atoms with Gasteiger partial charge >= 0.3 is 5.97 Å². The standard InChI is InChI=1S/C15H19NO3/c1-15(2,3)16-13(17)10-7-11-5-8-12(9-6-11)14(18)19-4/h5-10H,1-4H3,(H,16,17)/b10-7+. The van der Waals surface area contributed by atoms with Crippen LogP contribution < -0.4 is 5.32 Å². The average molecular weight is 261 g/mol. The first-order valence-electron chi connectivity index (χ1n) is 6.00. The highest BCUT2D eigenvalue weighted by atomic mass is 16.5. The number of benzene rings is 1. The lowest BCUT2D eigenvalue weighted by atomic mass is 10.1. The fourth-order valence-corrected chi connectivity index (χ4v) is 1.43. The van der Waals surface area contributed by atoms with E-state index in [2.05, 4.69) is 10.1 Å². The SMILES string of the molecule is COC(=O)c1ccc(/C=C/C(=O)NC(C)(C)C)cc1. The molecule has 0 radical (unpaired) electrons. The Bertz CT molecular complexity index is 481. The third kappa shape index (κ3) is 5.38. The van der Waals surface area contributed by atoms with Gasteiger partial charge in [-0.1, -0.05) is 12.1 Å². The van der Waals surface area contributed by atoms with Crippen LogP contribution in [0, 0.1) is 0 Å². The second-order valence-corrected chi connectivity index (χ2v) is 5.19. The summed E-state index contributed by atoms with van der Waals surface area (Å²) in [5, 5.41) is 2.83. The quantitative estimate of drug-likeness (QED) is 0.671. The minimum absolute atomic E-state index is 0.149. The lowest BCUT2D eigenvalue weighted by Gasteiger charge is -2.18. The zero-order valence-electron chi connectivity index (χ0n) is 11.7. The Morgan fingerprint density at radius 2 is 1.74 bits per heavy atom. The number of hydrogen-bond acceptors (Lipinski definition) is 3. The minimum Gasteiger partial charge on any atom is -0.465 e. The summed E-state index contributed by atoms with van der Waals surface area (Å²) in [6.45, 7) is 5.76. The Kier molecular flexibility index (Phi) is 4.87. The van der Waals surface area contributed by atoms with Gasteiger partial charge in [-0.15, -0.1) is 0 Å². The van der Waals surface area contributed by atoms with E-state index in [4.69, 9.17) is 0 Å². The number of methoxy groups -OCH3 is 1. The molecule has 4 nitrogen and oxygen atoms in total. The van der Waals surface area contributed by atoms with Crippen molar-refractivity contribution in [2.45, 2.75) is 26.3 Å². The summed E-state index contributed by atoms with van der Waals surface area (Å²) < 4.78 is 4.61. The topological polar surface area (TPSA) is 55.4 Å². The number of rotatable bonds is 3. The summed E-state index contributed by atoms with van der Waals surface area (Å²) in [7, 11) is 1.34. The molecule has 1 rings (SSSR count). The molecular formula is C15H19NO3. The fraction of sp³-hybridized carbons (Fsp3) is 0.333. The molecule has 0 saturated heterocycles. The third-order valence-corrected chi connectivity index (χ3v) is 2.26. The molecule has 1 N–H and O–H groups in total. The number of amides is 1. The predicted octanol–water partition coefficient (Wildman–Crippen LogP) is 2.40. The molecule has 4 heteroatoms. The third-order valence-electron chi connectivity index (χ3n) is 2.26. The lowest BCUT2D eigenvalue weighted by molar-refractivity contribution is -0.117. The van der Waals surface area contributed by atoms with Crippen LogP contribution in [0.3, 0.4) is 0 Å². The molecule has 1 aromatic rings. The van der Waals surface area contributed by atoms with Gasteiger partial charge in [-0.2, -0.15) is 0 Å². The summed E-state index contributed by atoms with van der Waals surface area (Å²) in [5.41, 5.74) is 1.08. The summed E-state index contributed by atoms with van der Waals surface area (Å²) in [5.74, 6) is -0.523. The number of carbonyl (C=O) groups excluding carboxylic acids is 2. The Labute approximate surface area is 113 Å². The maximum Gasteiger partial charge on any atom is 0.337 e. The normalized spacial score (nSPS) is 11.4. The van der Waals surface area contributed by atoms with E-state index >= 15 is 0 Å². The van der Waals surface area contributed by atoms with E-state index in [1.165, 1.54) is 13.2 Å². The highest BCUT2D eigenvalue weighted by molar-refractivity contribution is 5.92. The summed E-state index contributed by atoms with van der Waals surface area (Å²) >= 11 is 0. The van der Waals surface area contributed by atoms with E-state index in [9.17, 15) is 9.59 Å². The number of carbonyl (C=O) groups is 2. The average Bonchev–Trinajstić information content (AvgIpc) is 2.34. The van der Waals surface area contributed by atoms with Crippen molar-refractivity contribution in [3.63, 3.8) is 0 Å². The molecule has 0 heterocycles. The molecule has 19 heavy (non-hydrogen) atoms.